The van der Waals surface area contributed by atoms with Gasteiger partial charge in [-0.3, -0.25) is 0 Å². The second-order valence-electron chi connectivity index (χ2n) is 2.67. The molecule has 0 heterocycles. The molecule has 0 saturated carbocycles. The molecule has 0 aromatic heterocycles. The lowest BCUT2D eigenvalue weighted by Crippen LogP contribution is -1.88. The summed E-state index contributed by atoms with van der Waals surface area (Å²) in [6, 6.07) is 2.43. The molecule has 1 rings (SSSR count). The van der Waals surface area contributed by atoms with Crippen molar-refractivity contribution in [3.63, 3.8) is 0 Å². The maximum Gasteiger partial charge on any atom is 0.136 e. The molecule has 0 aliphatic carbocycles. The molecule has 0 saturated heterocycles. The molecule has 12 heavy (non-hydrogen) atoms. The summed E-state index contributed by atoms with van der Waals surface area (Å²) in [6.45, 7) is 1.54. The van der Waals surface area contributed by atoms with E-state index in [2.05, 4.69) is 5.87 Å². The van der Waals surface area contributed by atoms with Gasteiger partial charge in [0, 0.05) is 4.90 Å². The van der Waals surface area contributed by atoms with Crippen LogP contribution in [0.4, 0.5) is 8.78 Å². The van der Waals surface area contributed by atoms with Crippen LogP contribution < -0.4 is 0 Å². The molecule has 0 fully saturated rings. The highest BCUT2D eigenvalue weighted by Crippen LogP contribution is 2.26. The molecule has 0 N–H and O–H groups in total. The SMILES string of the molecule is C=S(C)c1cc(F)c(C)cc1F. The van der Waals surface area contributed by atoms with Crippen LogP contribution in [-0.4, -0.2) is 12.1 Å². The normalized spacial score (nSPS) is 13.0. The fourth-order valence-corrected chi connectivity index (χ4v) is 1.59. The van der Waals surface area contributed by atoms with E-state index in [9.17, 15) is 8.78 Å². The summed E-state index contributed by atoms with van der Waals surface area (Å²) in [7, 11) is -0.474. The van der Waals surface area contributed by atoms with Crippen LogP contribution in [0, 0.1) is 18.6 Å². The highest BCUT2D eigenvalue weighted by atomic mass is 32.2. The smallest absolute Gasteiger partial charge is 0.136 e. The Hall–Kier alpha value is -0.700. The van der Waals surface area contributed by atoms with Gasteiger partial charge in [-0.1, -0.05) is 5.87 Å². The van der Waals surface area contributed by atoms with Crippen molar-refractivity contribution < 1.29 is 8.78 Å². The van der Waals surface area contributed by atoms with Gasteiger partial charge in [0.25, 0.3) is 0 Å². The first-order valence-electron chi connectivity index (χ1n) is 3.43. The Balaban J connectivity index is 3.33. The lowest BCUT2D eigenvalue weighted by molar-refractivity contribution is 0.571. The maximum atomic E-state index is 13.1. The van der Waals surface area contributed by atoms with Crippen LogP contribution >= 0.6 is 10.5 Å². The molecular formula is C9H10F2S. The molecule has 0 aliphatic rings. The Labute approximate surface area is 73.2 Å². The van der Waals surface area contributed by atoms with Gasteiger partial charge in [-0.25, -0.2) is 8.78 Å². The van der Waals surface area contributed by atoms with Crippen molar-refractivity contribution >= 4 is 16.4 Å². The Morgan fingerprint density at radius 2 is 1.83 bits per heavy atom. The van der Waals surface area contributed by atoms with Crippen molar-refractivity contribution in [1.82, 2.24) is 0 Å². The first kappa shape index (κ1) is 9.39. The topological polar surface area (TPSA) is 0 Å². The van der Waals surface area contributed by atoms with Gasteiger partial charge < -0.3 is 0 Å². The van der Waals surface area contributed by atoms with Gasteiger partial charge in [0.15, 0.2) is 0 Å². The van der Waals surface area contributed by atoms with Gasteiger partial charge in [-0.2, -0.15) is 10.5 Å². The number of halogens is 2. The van der Waals surface area contributed by atoms with Crippen molar-refractivity contribution in [3.05, 3.63) is 29.3 Å². The van der Waals surface area contributed by atoms with Crippen molar-refractivity contribution in [2.45, 2.75) is 11.8 Å². The van der Waals surface area contributed by atoms with Crippen molar-refractivity contribution in [2.24, 2.45) is 0 Å². The highest BCUT2D eigenvalue weighted by Gasteiger charge is 2.06. The average Bonchev–Trinajstić information content (AvgIpc) is 1.96. The van der Waals surface area contributed by atoms with Gasteiger partial charge in [0.1, 0.15) is 11.6 Å². The van der Waals surface area contributed by atoms with Crippen LogP contribution in [0.2, 0.25) is 0 Å². The molecule has 0 radical (unpaired) electrons. The van der Waals surface area contributed by atoms with E-state index in [1.54, 1.807) is 13.2 Å². The summed E-state index contributed by atoms with van der Waals surface area (Å²) in [5, 5.41) is 0. The number of rotatable bonds is 1. The first-order valence-corrected chi connectivity index (χ1v) is 5.24. The summed E-state index contributed by atoms with van der Waals surface area (Å²) in [4.78, 5) is 0.359. The van der Waals surface area contributed by atoms with Crippen molar-refractivity contribution in [1.29, 1.82) is 0 Å². The minimum Gasteiger partial charge on any atom is -0.207 e. The summed E-state index contributed by atoms with van der Waals surface area (Å²) in [5.41, 5.74) is 0.335. The summed E-state index contributed by atoms with van der Waals surface area (Å²) in [5.74, 6) is 2.93. The Kier molecular flexibility index (Phi) is 2.62. The Morgan fingerprint density at radius 3 is 2.33 bits per heavy atom. The van der Waals surface area contributed by atoms with Crippen LogP contribution in [0.15, 0.2) is 17.0 Å². The third-order valence-electron chi connectivity index (χ3n) is 1.59. The monoisotopic (exact) mass is 188 g/mol. The maximum absolute atomic E-state index is 13.1. The molecule has 3 heteroatoms. The lowest BCUT2D eigenvalue weighted by atomic mass is 10.2. The van der Waals surface area contributed by atoms with E-state index in [1.165, 1.54) is 12.1 Å². The van der Waals surface area contributed by atoms with Crippen LogP contribution in [0.1, 0.15) is 5.56 Å². The lowest BCUT2D eigenvalue weighted by Gasteiger charge is -2.04. The van der Waals surface area contributed by atoms with Crippen LogP contribution in [0.3, 0.4) is 0 Å². The van der Waals surface area contributed by atoms with Crippen LogP contribution in [0.5, 0.6) is 0 Å². The highest BCUT2D eigenvalue weighted by molar-refractivity contribution is 8.13. The average molecular weight is 188 g/mol. The van der Waals surface area contributed by atoms with E-state index >= 15 is 0 Å². The largest absolute Gasteiger partial charge is 0.207 e. The predicted molar refractivity (Wildman–Crippen MR) is 50.0 cm³/mol. The molecule has 66 valence electrons. The number of hydrogen-bond acceptors (Lipinski definition) is 0. The molecule has 0 amide bonds. The quantitative estimate of drug-likeness (QED) is 0.594. The van der Waals surface area contributed by atoms with E-state index in [0.29, 0.717) is 10.5 Å². The number of aryl methyl sites for hydroxylation is 1. The minimum atomic E-state index is -0.474. The molecule has 1 aromatic rings. The molecule has 1 aromatic carbocycles. The van der Waals surface area contributed by atoms with Crippen LogP contribution in [-0.2, 0) is 0 Å². The zero-order valence-electron chi connectivity index (χ0n) is 7.03. The molecule has 0 bridgehead atoms. The van der Waals surface area contributed by atoms with Gasteiger partial charge in [0.05, 0.1) is 0 Å². The van der Waals surface area contributed by atoms with E-state index in [4.69, 9.17) is 0 Å². The van der Waals surface area contributed by atoms with Crippen LogP contribution in [0.25, 0.3) is 0 Å². The van der Waals surface area contributed by atoms with Gasteiger partial charge in [-0.05, 0) is 30.9 Å². The molecule has 1 atom stereocenters. The van der Waals surface area contributed by atoms with E-state index in [-0.39, 0.29) is 11.6 Å². The number of hydrogen-bond donors (Lipinski definition) is 0. The van der Waals surface area contributed by atoms with Crippen molar-refractivity contribution in [2.75, 3.05) is 6.26 Å². The van der Waals surface area contributed by atoms with Gasteiger partial charge in [0.2, 0.25) is 0 Å². The Morgan fingerprint density at radius 1 is 1.25 bits per heavy atom. The van der Waals surface area contributed by atoms with E-state index in [1.807, 2.05) is 0 Å². The fourth-order valence-electron chi connectivity index (χ4n) is 0.895. The molecule has 0 nitrogen and oxygen atoms in total. The molecule has 1 unspecified atom stereocenters. The van der Waals surface area contributed by atoms with Gasteiger partial charge in [-0.15, -0.1) is 0 Å². The summed E-state index contributed by atoms with van der Waals surface area (Å²) in [6.07, 6.45) is 1.76. The van der Waals surface area contributed by atoms with Crippen molar-refractivity contribution in [3.8, 4) is 0 Å². The number of benzene rings is 1. The zero-order valence-corrected chi connectivity index (χ0v) is 7.84. The Bertz CT molecular complexity index is 332. The third-order valence-corrected chi connectivity index (χ3v) is 2.65. The summed E-state index contributed by atoms with van der Waals surface area (Å²) >= 11 is 0. The second kappa shape index (κ2) is 3.35. The molecule has 0 spiro atoms. The fraction of sp³-hybridized carbons (Fsp3) is 0.222. The zero-order chi connectivity index (χ0) is 9.30. The predicted octanol–water partition coefficient (Wildman–Crippen LogP) is 2.96. The van der Waals surface area contributed by atoms with Gasteiger partial charge >= 0.3 is 0 Å². The molecular weight excluding hydrogens is 178 g/mol. The minimum absolute atomic E-state index is 0.335. The van der Waals surface area contributed by atoms with E-state index < -0.39 is 10.5 Å². The third kappa shape index (κ3) is 1.72. The summed E-state index contributed by atoms with van der Waals surface area (Å²) < 4.78 is 26.0. The molecule has 0 aliphatic heterocycles. The standard InChI is InChI=1S/C9H10F2S/c1-6-4-8(11)9(12(2)3)5-7(6)10/h4-5H,2H2,1,3H3. The first-order chi connectivity index (χ1) is 5.52. The van der Waals surface area contributed by atoms with E-state index in [0.717, 1.165) is 0 Å². The second-order valence-corrected chi connectivity index (χ2v) is 4.38.